The third-order valence-electron chi connectivity index (χ3n) is 4.24. The first-order valence-electron chi connectivity index (χ1n) is 8.62. The summed E-state index contributed by atoms with van der Waals surface area (Å²) in [5.41, 5.74) is 1.84. The molecule has 5 nitrogen and oxygen atoms in total. The maximum absolute atomic E-state index is 12.3. The Morgan fingerprint density at radius 3 is 2.75 bits per heavy atom. The number of rotatable bonds is 8. The summed E-state index contributed by atoms with van der Waals surface area (Å²) in [5, 5.41) is 5.68. The van der Waals surface area contributed by atoms with Crippen LogP contribution in [-0.2, 0) is 14.3 Å². The van der Waals surface area contributed by atoms with Gasteiger partial charge in [-0.15, -0.1) is 0 Å². The summed E-state index contributed by atoms with van der Waals surface area (Å²) in [5.74, 6) is -0.254. The molecule has 0 unspecified atom stereocenters. The maximum atomic E-state index is 12.3. The molecule has 2 rings (SSSR count). The van der Waals surface area contributed by atoms with Crippen molar-refractivity contribution < 1.29 is 12.7 Å². The molecule has 24 heavy (non-hydrogen) atoms. The first-order valence-corrected chi connectivity index (χ1v) is 9.50. The number of carbonyl (C=O) groups excluding carboxylic acids is 2. The van der Waals surface area contributed by atoms with E-state index in [4.69, 9.17) is 3.07 Å². The fourth-order valence-corrected chi connectivity index (χ4v) is 3.12. The molecule has 0 radical (unpaired) electrons. The van der Waals surface area contributed by atoms with Crippen LogP contribution >= 0.6 is 23.0 Å². The molecule has 1 saturated heterocycles. The molecule has 0 aliphatic carbocycles. The molecule has 132 valence electrons. The number of hydrogen-bond acceptors (Lipinski definition) is 3. The van der Waals surface area contributed by atoms with E-state index in [9.17, 15) is 9.59 Å². The standard InChI is InChI=1S/C18H25IN2O3/c19-24-13-5-1-2-6-14-8-10-15(11-9-14)17(22)21-16-7-3-4-12-20-18(16)23/h8-11,16H,1-7,12-13H2,(H,20,23)(H,21,22)/t16-/m0/s1. The predicted molar refractivity (Wildman–Crippen MR) is 102 cm³/mol. The lowest BCUT2D eigenvalue weighted by molar-refractivity contribution is -0.122. The Morgan fingerprint density at radius 2 is 2.00 bits per heavy atom. The van der Waals surface area contributed by atoms with Crippen LogP contribution in [0.25, 0.3) is 0 Å². The van der Waals surface area contributed by atoms with Gasteiger partial charge in [0.15, 0.2) is 0 Å². The lowest BCUT2D eigenvalue weighted by atomic mass is 10.0. The molecule has 0 bridgehead atoms. The second kappa shape index (κ2) is 10.7. The summed E-state index contributed by atoms with van der Waals surface area (Å²) >= 11 is 1.92. The molecule has 0 spiro atoms. The zero-order valence-corrected chi connectivity index (χ0v) is 16.0. The van der Waals surface area contributed by atoms with E-state index < -0.39 is 6.04 Å². The van der Waals surface area contributed by atoms with Gasteiger partial charge >= 0.3 is 0 Å². The summed E-state index contributed by atoms with van der Waals surface area (Å²) in [6.45, 7) is 1.50. The minimum atomic E-state index is -0.417. The quantitative estimate of drug-likeness (QED) is 0.478. The van der Waals surface area contributed by atoms with Gasteiger partial charge in [0.2, 0.25) is 5.91 Å². The number of benzene rings is 1. The van der Waals surface area contributed by atoms with Crippen molar-refractivity contribution in [1.29, 1.82) is 0 Å². The molecule has 0 saturated carbocycles. The number of nitrogens with one attached hydrogen (secondary N) is 2. The van der Waals surface area contributed by atoms with Crippen molar-refractivity contribution >= 4 is 34.8 Å². The Kier molecular flexibility index (Phi) is 8.52. The third kappa shape index (κ3) is 6.39. The minimum Gasteiger partial charge on any atom is -0.354 e. The molecule has 1 heterocycles. The van der Waals surface area contributed by atoms with Crippen LogP contribution in [0.1, 0.15) is 54.4 Å². The molecule has 1 aromatic carbocycles. The summed E-state index contributed by atoms with van der Waals surface area (Å²) in [6.07, 6.45) is 6.97. The number of hydrogen-bond donors (Lipinski definition) is 2. The van der Waals surface area contributed by atoms with Crippen LogP contribution in [0.5, 0.6) is 0 Å². The van der Waals surface area contributed by atoms with Crippen LogP contribution in [0.3, 0.4) is 0 Å². The average Bonchev–Trinajstić information content (AvgIpc) is 2.80. The highest BCUT2D eigenvalue weighted by molar-refractivity contribution is 14.1. The number of halogens is 1. The SMILES string of the molecule is O=C(N[C@H]1CCCCNC1=O)c1ccc(CCCCCOI)cc1. The van der Waals surface area contributed by atoms with Crippen LogP contribution in [0.15, 0.2) is 24.3 Å². The van der Waals surface area contributed by atoms with Gasteiger partial charge in [-0.1, -0.05) is 18.6 Å². The molecule has 1 aliphatic rings. The monoisotopic (exact) mass is 444 g/mol. The van der Waals surface area contributed by atoms with Gasteiger partial charge in [-0.25, -0.2) is 0 Å². The second-order valence-corrected chi connectivity index (χ2v) is 6.76. The molecule has 2 amide bonds. The maximum Gasteiger partial charge on any atom is 0.251 e. The van der Waals surface area contributed by atoms with Gasteiger partial charge < -0.3 is 13.7 Å². The fraction of sp³-hybridized carbons (Fsp3) is 0.556. The molecule has 1 aliphatic heterocycles. The first kappa shape index (κ1) is 19.2. The van der Waals surface area contributed by atoms with E-state index in [1.807, 2.05) is 47.3 Å². The second-order valence-electron chi connectivity index (χ2n) is 6.13. The van der Waals surface area contributed by atoms with Gasteiger partial charge in [-0.2, -0.15) is 0 Å². The highest BCUT2D eigenvalue weighted by Gasteiger charge is 2.22. The van der Waals surface area contributed by atoms with Crippen LogP contribution < -0.4 is 10.6 Å². The van der Waals surface area contributed by atoms with Crippen LogP contribution in [0.4, 0.5) is 0 Å². The van der Waals surface area contributed by atoms with Crippen LogP contribution in [-0.4, -0.2) is 31.0 Å². The lowest BCUT2D eigenvalue weighted by Gasteiger charge is -2.15. The minimum absolute atomic E-state index is 0.0760. The van der Waals surface area contributed by atoms with Crippen molar-refractivity contribution in [1.82, 2.24) is 10.6 Å². The third-order valence-corrected chi connectivity index (χ3v) is 4.68. The Morgan fingerprint density at radius 1 is 1.21 bits per heavy atom. The Balaban J connectivity index is 1.81. The lowest BCUT2D eigenvalue weighted by Crippen LogP contribution is -2.45. The highest BCUT2D eigenvalue weighted by atomic mass is 127. The van der Waals surface area contributed by atoms with Crippen LogP contribution in [0, 0.1) is 0 Å². The van der Waals surface area contributed by atoms with Gasteiger partial charge in [-0.05, 0) is 56.2 Å². The molecule has 1 atom stereocenters. The zero-order chi connectivity index (χ0) is 17.2. The van der Waals surface area contributed by atoms with E-state index in [2.05, 4.69) is 10.6 Å². The van der Waals surface area contributed by atoms with Crippen molar-refractivity contribution in [2.75, 3.05) is 13.2 Å². The van der Waals surface area contributed by atoms with Crippen molar-refractivity contribution in [3.63, 3.8) is 0 Å². The van der Waals surface area contributed by atoms with Gasteiger partial charge in [0, 0.05) is 12.1 Å². The van der Waals surface area contributed by atoms with E-state index >= 15 is 0 Å². The number of unbranched alkanes of at least 4 members (excludes halogenated alkanes) is 2. The summed E-state index contributed by atoms with van der Waals surface area (Å²) in [7, 11) is 0. The van der Waals surface area contributed by atoms with E-state index in [1.165, 1.54) is 5.56 Å². The molecule has 0 aromatic heterocycles. The fourth-order valence-electron chi connectivity index (χ4n) is 2.80. The topological polar surface area (TPSA) is 67.4 Å². The summed E-state index contributed by atoms with van der Waals surface area (Å²) in [4.78, 5) is 24.2. The first-order chi connectivity index (χ1) is 11.7. The Bertz CT molecular complexity index is 534. The number of amides is 2. The number of aryl methyl sites for hydroxylation is 1. The molecule has 1 fully saturated rings. The van der Waals surface area contributed by atoms with Gasteiger partial charge in [0.05, 0.1) is 6.61 Å². The zero-order valence-electron chi connectivity index (χ0n) is 13.9. The molecule has 1 aromatic rings. The van der Waals surface area contributed by atoms with E-state index in [1.54, 1.807) is 0 Å². The van der Waals surface area contributed by atoms with E-state index in [-0.39, 0.29) is 11.8 Å². The summed E-state index contributed by atoms with van der Waals surface area (Å²) < 4.78 is 5.01. The molecular weight excluding hydrogens is 419 g/mol. The van der Waals surface area contributed by atoms with E-state index in [0.29, 0.717) is 18.5 Å². The van der Waals surface area contributed by atoms with Crippen molar-refractivity contribution in [2.24, 2.45) is 0 Å². The molecule has 2 N–H and O–H groups in total. The van der Waals surface area contributed by atoms with Gasteiger partial charge in [0.25, 0.3) is 5.91 Å². The van der Waals surface area contributed by atoms with Gasteiger partial charge in [-0.3, -0.25) is 9.59 Å². The molecular formula is C18H25IN2O3. The van der Waals surface area contributed by atoms with Crippen molar-refractivity contribution in [2.45, 2.75) is 51.0 Å². The van der Waals surface area contributed by atoms with E-state index in [0.717, 1.165) is 45.1 Å². The highest BCUT2D eigenvalue weighted by Crippen LogP contribution is 2.11. The van der Waals surface area contributed by atoms with Crippen molar-refractivity contribution in [3.05, 3.63) is 35.4 Å². The number of carbonyl (C=O) groups is 2. The van der Waals surface area contributed by atoms with Crippen molar-refractivity contribution in [3.8, 4) is 0 Å². The summed E-state index contributed by atoms with van der Waals surface area (Å²) in [6, 6.07) is 7.26. The normalized spacial score (nSPS) is 17.9. The Hall–Kier alpha value is -1.15. The Labute approximate surface area is 157 Å². The van der Waals surface area contributed by atoms with Gasteiger partial charge in [0.1, 0.15) is 29.0 Å². The molecule has 6 heteroatoms. The largest absolute Gasteiger partial charge is 0.354 e. The predicted octanol–water partition coefficient (Wildman–Crippen LogP) is 3.16. The smallest absolute Gasteiger partial charge is 0.251 e. The van der Waals surface area contributed by atoms with Crippen LogP contribution in [0.2, 0.25) is 0 Å². The average molecular weight is 444 g/mol.